The van der Waals surface area contributed by atoms with Gasteiger partial charge in [-0.25, -0.2) is 0 Å². The van der Waals surface area contributed by atoms with Crippen LogP contribution in [0, 0.1) is 0 Å². The number of ether oxygens (including phenoxy) is 3. The molecule has 0 unspecified atom stereocenters. The summed E-state index contributed by atoms with van der Waals surface area (Å²) >= 11 is 0. The van der Waals surface area contributed by atoms with Gasteiger partial charge in [0.25, 0.3) is 0 Å². The van der Waals surface area contributed by atoms with Crippen LogP contribution in [0.2, 0.25) is 0 Å². The first kappa shape index (κ1) is 20.2. The Morgan fingerprint density at radius 3 is 1.54 bits per heavy atom. The average molecular weight is 389 g/mol. The second kappa shape index (κ2) is 10.1. The molecule has 156 valence electrons. The number of hydrogen-bond acceptors (Lipinski definition) is 4. The highest BCUT2D eigenvalue weighted by molar-refractivity contribution is 5.43. The Morgan fingerprint density at radius 2 is 1.04 bits per heavy atom. The average Bonchev–Trinajstić information content (AvgIpc) is 3.48. The van der Waals surface area contributed by atoms with Crippen LogP contribution in [0.15, 0.2) is 12.1 Å². The monoisotopic (exact) mass is 388 g/mol. The standard InChI is InChI=1S/C24H36O4/c25-24-14-13-18(15-26-19-7-1-2-8-19)22(16-27-20-9-3-4-10-20)23(24)17-28-21-11-5-6-12-21/h13-14,19-21,25H,1-12,15-17H2. The minimum Gasteiger partial charge on any atom is -0.508 e. The van der Waals surface area contributed by atoms with Crippen molar-refractivity contribution in [3.8, 4) is 5.75 Å². The lowest BCUT2D eigenvalue weighted by atomic mass is 10.0. The van der Waals surface area contributed by atoms with E-state index in [4.69, 9.17) is 14.2 Å². The molecule has 1 N–H and O–H groups in total. The van der Waals surface area contributed by atoms with Crippen LogP contribution in [-0.2, 0) is 34.0 Å². The van der Waals surface area contributed by atoms with E-state index in [0.717, 1.165) is 42.4 Å². The van der Waals surface area contributed by atoms with Crippen molar-refractivity contribution in [1.82, 2.24) is 0 Å². The summed E-state index contributed by atoms with van der Waals surface area (Å²) in [6.07, 6.45) is 15.6. The minimum absolute atomic E-state index is 0.327. The Hall–Kier alpha value is -1.10. The summed E-state index contributed by atoms with van der Waals surface area (Å²) in [5.41, 5.74) is 3.13. The molecule has 28 heavy (non-hydrogen) atoms. The maximum absolute atomic E-state index is 10.6. The van der Waals surface area contributed by atoms with Crippen molar-refractivity contribution in [2.45, 2.75) is 115 Å². The van der Waals surface area contributed by atoms with Gasteiger partial charge in [-0.05, 0) is 55.7 Å². The molecule has 0 aliphatic heterocycles. The highest BCUT2D eigenvalue weighted by Gasteiger charge is 2.22. The fourth-order valence-corrected chi connectivity index (χ4v) is 4.98. The number of rotatable bonds is 9. The maximum Gasteiger partial charge on any atom is 0.121 e. The molecule has 0 atom stereocenters. The maximum atomic E-state index is 10.6. The first-order chi connectivity index (χ1) is 13.8. The molecule has 0 spiro atoms. The molecule has 0 bridgehead atoms. The number of benzene rings is 1. The molecule has 0 radical (unpaired) electrons. The highest BCUT2D eigenvalue weighted by Crippen LogP contribution is 2.32. The van der Waals surface area contributed by atoms with E-state index in [1.807, 2.05) is 6.07 Å². The summed E-state index contributed by atoms with van der Waals surface area (Å²) in [7, 11) is 0. The fourth-order valence-electron chi connectivity index (χ4n) is 4.98. The molecule has 3 saturated carbocycles. The largest absolute Gasteiger partial charge is 0.508 e. The van der Waals surface area contributed by atoms with E-state index in [1.54, 1.807) is 6.07 Å². The SMILES string of the molecule is Oc1ccc(COC2CCCC2)c(COC2CCCC2)c1COC1CCCC1. The molecular formula is C24H36O4. The molecule has 0 heterocycles. The zero-order chi connectivity index (χ0) is 19.2. The van der Waals surface area contributed by atoms with Gasteiger partial charge < -0.3 is 19.3 Å². The van der Waals surface area contributed by atoms with Crippen LogP contribution in [0.25, 0.3) is 0 Å². The molecule has 0 saturated heterocycles. The summed E-state index contributed by atoms with van der Waals surface area (Å²) in [6, 6.07) is 3.82. The van der Waals surface area contributed by atoms with Crippen LogP contribution < -0.4 is 0 Å². The van der Waals surface area contributed by atoms with Crippen LogP contribution in [0.1, 0.15) is 93.7 Å². The Kier molecular flexibility index (Phi) is 7.27. The summed E-state index contributed by atoms with van der Waals surface area (Å²) in [6.45, 7) is 1.62. The van der Waals surface area contributed by atoms with Crippen LogP contribution in [0.5, 0.6) is 5.75 Å². The van der Waals surface area contributed by atoms with Crippen LogP contribution >= 0.6 is 0 Å². The minimum atomic E-state index is 0.327. The smallest absolute Gasteiger partial charge is 0.121 e. The van der Waals surface area contributed by atoms with Crippen molar-refractivity contribution in [3.05, 3.63) is 28.8 Å². The molecule has 1 aromatic rings. The van der Waals surface area contributed by atoms with E-state index in [1.165, 1.54) is 51.4 Å². The third-order valence-corrected chi connectivity index (χ3v) is 6.81. The summed E-state index contributed by atoms with van der Waals surface area (Å²) in [4.78, 5) is 0. The third-order valence-electron chi connectivity index (χ3n) is 6.81. The van der Waals surface area contributed by atoms with Crippen LogP contribution in [-0.4, -0.2) is 23.4 Å². The summed E-state index contributed by atoms with van der Waals surface area (Å²) in [5, 5.41) is 10.6. The predicted molar refractivity (Wildman–Crippen MR) is 109 cm³/mol. The molecule has 0 aromatic heterocycles. The predicted octanol–water partition coefficient (Wildman–Crippen LogP) is 5.77. The topological polar surface area (TPSA) is 47.9 Å². The highest BCUT2D eigenvalue weighted by atomic mass is 16.5. The zero-order valence-electron chi connectivity index (χ0n) is 17.2. The van der Waals surface area contributed by atoms with Gasteiger partial charge in [0.05, 0.1) is 38.1 Å². The summed E-state index contributed by atoms with van der Waals surface area (Å²) < 4.78 is 18.6. The van der Waals surface area contributed by atoms with E-state index in [2.05, 4.69) is 0 Å². The van der Waals surface area contributed by atoms with E-state index in [-0.39, 0.29) is 0 Å². The molecule has 4 nitrogen and oxygen atoms in total. The molecule has 3 aliphatic carbocycles. The number of phenolic OH excluding ortho intramolecular Hbond substituents is 1. The number of phenols is 1. The lowest BCUT2D eigenvalue weighted by Crippen LogP contribution is -2.14. The van der Waals surface area contributed by atoms with Crippen molar-refractivity contribution in [2.75, 3.05) is 0 Å². The van der Waals surface area contributed by atoms with Crippen molar-refractivity contribution in [1.29, 1.82) is 0 Å². The Bertz CT molecular complexity index is 611. The van der Waals surface area contributed by atoms with Gasteiger partial charge >= 0.3 is 0 Å². The number of aromatic hydroxyl groups is 1. The molecule has 3 fully saturated rings. The van der Waals surface area contributed by atoms with Crippen LogP contribution in [0.3, 0.4) is 0 Å². The lowest BCUT2D eigenvalue weighted by Gasteiger charge is -2.21. The van der Waals surface area contributed by atoms with Gasteiger partial charge in [-0.15, -0.1) is 0 Å². The molecule has 1 aromatic carbocycles. The number of hydrogen-bond donors (Lipinski definition) is 1. The first-order valence-corrected chi connectivity index (χ1v) is 11.5. The molecular weight excluding hydrogens is 352 g/mol. The van der Waals surface area contributed by atoms with E-state index >= 15 is 0 Å². The van der Waals surface area contributed by atoms with Gasteiger partial charge in [0.2, 0.25) is 0 Å². The molecule has 0 amide bonds. The van der Waals surface area contributed by atoms with Gasteiger partial charge in [-0.2, -0.15) is 0 Å². The Labute approximate surface area is 169 Å². The normalized spacial score (nSPS) is 21.9. The van der Waals surface area contributed by atoms with Crippen molar-refractivity contribution in [3.63, 3.8) is 0 Å². The van der Waals surface area contributed by atoms with Gasteiger partial charge in [0, 0.05) is 5.56 Å². The summed E-state index contributed by atoms with van der Waals surface area (Å²) in [5.74, 6) is 0.327. The van der Waals surface area contributed by atoms with E-state index < -0.39 is 0 Å². The molecule has 4 heteroatoms. The zero-order valence-corrected chi connectivity index (χ0v) is 17.2. The van der Waals surface area contributed by atoms with E-state index in [0.29, 0.717) is 43.9 Å². The molecule has 4 rings (SSSR count). The van der Waals surface area contributed by atoms with E-state index in [9.17, 15) is 5.11 Å². The third kappa shape index (κ3) is 5.28. The second-order valence-corrected chi connectivity index (χ2v) is 8.85. The Balaban J connectivity index is 1.47. The van der Waals surface area contributed by atoms with Crippen molar-refractivity contribution in [2.24, 2.45) is 0 Å². The van der Waals surface area contributed by atoms with Crippen LogP contribution in [0.4, 0.5) is 0 Å². The molecule has 3 aliphatic rings. The van der Waals surface area contributed by atoms with Crippen molar-refractivity contribution >= 4 is 0 Å². The van der Waals surface area contributed by atoms with Gasteiger partial charge in [0.1, 0.15) is 5.75 Å². The Morgan fingerprint density at radius 1 is 0.607 bits per heavy atom. The lowest BCUT2D eigenvalue weighted by molar-refractivity contribution is 0.0279. The van der Waals surface area contributed by atoms with Crippen molar-refractivity contribution < 1.29 is 19.3 Å². The first-order valence-electron chi connectivity index (χ1n) is 11.5. The second-order valence-electron chi connectivity index (χ2n) is 8.85. The quantitative estimate of drug-likeness (QED) is 0.583. The van der Waals surface area contributed by atoms with Gasteiger partial charge in [0.15, 0.2) is 0 Å². The van der Waals surface area contributed by atoms with Gasteiger partial charge in [-0.3, -0.25) is 0 Å². The fraction of sp³-hybridized carbons (Fsp3) is 0.750. The van der Waals surface area contributed by atoms with Gasteiger partial charge in [-0.1, -0.05) is 44.6 Å².